The fourth-order valence-corrected chi connectivity index (χ4v) is 2.49. The van der Waals surface area contributed by atoms with Crippen LogP contribution < -0.4 is 5.32 Å². The number of rotatable bonds is 7. The number of benzene rings is 1. The van der Waals surface area contributed by atoms with Crippen LogP contribution in [0.4, 0.5) is 10.1 Å². The molecule has 1 aliphatic carbocycles. The molecule has 3 nitrogen and oxygen atoms in total. The molecule has 0 amide bonds. The average molecular weight is 293 g/mol. The number of allylic oxidation sites excluding steroid dienone is 2. The molecule has 0 saturated carbocycles. The highest BCUT2D eigenvalue weighted by molar-refractivity contribution is 5.43. The van der Waals surface area contributed by atoms with E-state index in [0.717, 1.165) is 12.8 Å². The van der Waals surface area contributed by atoms with E-state index in [4.69, 9.17) is 4.74 Å². The van der Waals surface area contributed by atoms with Gasteiger partial charge in [0.05, 0.1) is 19.3 Å². The van der Waals surface area contributed by atoms with Crippen molar-refractivity contribution >= 4 is 5.69 Å². The quantitative estimate of drug-likeness (QED) is 0.759. The van der Waals surface area contributed by atoms with Crippen LogP contribution in [0.25, 0.3) is 0 Å². The maximum absolute atomic E-state index is 13.0. The van der Waals surface area contributed by atoms with Gasteiger partial charge in [-0.25, -0.2) is 4.39 Å². The Labute approximate surface area is 125 Å². The summed E-state index contributed by atoms with van der Waals surface area (Å²) in [6.07, 6.45) is 5.99. The number of nitrogens with one attached hydrogen (secondary N) is 1. The van der Waals surface area contributed by atoms with Crippen LogP contribution in [-0.4, -0.2) is 31.0 Å². The minimum atomic E-state index is -0.595. The molecule has 3 atom stereocenters. The molecule has 0 heterocycles. The van der Waals surface area contributed by atoms with Crippen LogP contribution in [0.5, 0.6) is 0 Å². The second-order valence-electron chi connectivity index (χ2n) is 5.76. The van der Waals surface area contributed by atoms with Crippen molar-refractivity contribution in [3.63, 3.8) is 0 Å². The van der Waals surface area contributed by atoms with Gasteiger partial charge in [0.2, 0.25) is 0 Å². The lowest BCUT2D eigenvalue weighted by atomic mass is 9.85. The Balaban J connectivity index is 1.63. The summed E-state index contributed by atoms with van der Waals surface area (Å²) >= 11 is 0. The third-order valence-corrected chi connectivity index (χ3v) is 3.93. The molecule has 0 aromatic heterocycles. The van der Waals surface area contributed by atoms with Crippen LogP contribution in [0.15, 0.2) is 36.4 Å². The number of aliphatic hydroxyl groups excluding tert-OH is 1. The minimum absolute atomic E-state index is 0.287. The lowest BCUT2D eigenvalue weighted by Gasteiger charge is -2.25. The molecule has 21 heavy (non-hydrogen) atoms. The van der Waals surface area contributed by atoms with E-state index in [9.17, 15) is 9.50 Å². The fraction of sp³-hybridized carbons (Fsp3) is 0.529. The third-order valence-electron chi connectivity index (χ3n) is 3.93. The highest BCUT2D eigenvalue weighted by atomic mass is 19.1. The zero-order valence-corrected chi connectivity index (χ0v) is 12.5. The van der Waals surface area contributed by atoms with Gasteiger partial charge in [-0.1, -0.05) is 25.1 Å². The Morgan fingerprint density at radius 2 is 2.19 bits per heavy atom. The number of hydrogen-bond donors (Lipinski definition) is 2. The Bertz CT molecular complexity index is 464. The van der Waals surface area contributed by atoms with Gasteiger partial charge >= 0.3 is 0 Å². The average Bonchev–Trinajstić information content (AvgIpc) is 2.47. The van der Waals surface area contributed by atoms with Crippen molar-refractivity contribution in [1.29, 1.82) is 0 Å². The van der Waals surface area contributed by atoms with E-state index in [0.29, 0.717) is 37.3 Å². The van der Waals surface area contributed by atoms with Crippen molar-refractivity contribution in [1.82, 2.24) is 0 Å². The van der Waals surface area contributed by atoms with Gasteiger partial charge in [0.1, 0.15) is 5.82 Å². The molecule has 2 rings (SSSR count). The molecule has 4 heteroatoms. The molecule has 0 fully saturated rings. The molecule has 116 valence electrons. The maximum Gasteiger partial charge on any atom is 0.125 e. The number of halogens is 1. The van der Waals surface area contributed by atoms with Crippen LogP contribution >= 0.6 is 0 Å². The predicted molar refractivity (Wildman–Crippen MR) is 82.7 cm³/mol. The van der Waals surface area contributed by atoms with Crippen LogP contribution in [0.3, 0.4) is 0 Å². The van der Waals surface area contributed by atoms with Gasteiger partial charge in [-0.3, -0.25) is 0 Å². The van der Waals surface area contributed by atoms with Crippen molar-refractivity contribution in [2.75, 3.05) is 25.1 Å². The van der Waals surface area contributed by atoms with Crippen molar-refractivity contribution in [3.05, 3.63) is 42.2 Å². The van der Waals surface area contributed by atoms with E-state index in [2.05, 4.69) is 24.4 Å². The monoisotopic (exact) mass is 293 g/mol. The summed E-state index contributed by atoms with van der Waals surface area (Å²) < 4.78 is 18.6. The first-order chi connectivity index (χ1) is 10.1. The lowest BCUT2D eigenvalue weighted by Crippen LogP contribution is -2.27. The molecular formula is C17H24FNO2. The molecule has 1 aliphatic rings. The van der Waals surface area contributed by atoms with E-state index in [1.54, 1.807) is 12.1 Å². The number of hydrogen-bond acceptors (Lipinski definition) is 3. The third kappa shape index (κ3) is 5.48. The molecule has 0 spiro atoms. The lowest BCUT2D eigenvalue weighted by molar-refractivity contribution is 0.0175. The van der Waals surface area contributed by atoms with Gasteiger partial charge in [0, 0.05) is 12.2 Å². The topological polar surface area (TPSA) is 41.5 Å². The zero-order valence-electron chi connectivity index (χ0n) is 12.5. The van der Waals surface area contributed by atoms with Gasteiger partial charge in [0.15, 0.2) is 0 Å². The van der Waals surface area contributed by atoms with Crippen LogP contribution in [0.1, 0.15) is 19.8 Å². The van der Waals surface area contributed by atoms with Gasteiger partial charge in [-0.2, -0.15) is 0 Å². The van der Waals surface area contributed by atoms with Gasteiger partial charge in [-0.15, -0.1) is 0 Å². The molecule has 0 aliphatic heterocycles. The first-order valence-electron chi connectivity index (χ1n) is 7.55. The minimum Gasteiger partial charge on any atom is -0.389 e. The summed E-state index contributed by atoms with van der Waals surface area (Å²) in [6.45, 7) is 3.57. The normalized spacial score (nSPS) is 23.0. The van der Waals surface area contributed by atoms with E-state index < -0.39 is 6.10 Å². The SMILES string of the molecule is CC1CC=CCC1COCC(O)CNc1cccc(F)c1. The van der Waals surface area contributed by atoms with Crippen LogP contribution in [0.2, 0.25) is 0 Å². The van der Waals surface area contributed by atoms with Gasteiger partial charge in [-0.05, 0) is 42.9 Å². The Kier molecular flexibility index (Phi) is 6.21. The summed E-state index contributed by atoms with van der Waals surface area (Å²) in [5, 5.41) is 12.9. The molecule has 0 bridgehead atoms. The van der Waals surface area contributed by atoms with E-state index in [-0.39, 0.29) is 5.82 Å². The standard InChI is InChI=1S/C17H24FNO2/c1-13-5-2-3-6-14(13)11-21-12-17(20)10-19-16-8-4-7-15(18)9-16/h2-4,7-9,13-14,17,19-20H,5-6,10-12H2,1H3. The highest BCUT2D eigenvalue weighted by Gasteiger charge is 2.18. The molecule has 1 aromatic rings. The van der Waals surface area contributed by atoms with Crippen molar-refractivity contribution < 1.29 is 14.2 Å². The van der Waals surface area contributed by atoms with Crippen molar-refractivity contribution in [2.45, 2.75) is 25.9 Å². The summed E-state index contributed by atoms with van der Waals surface area (Å²) in [4.78, 5) is 0. The number of anilines is 1. The first kappa shape index (κ1) is 16.0. The Morgan fingerprint density at radius 1 is 1.38 bits per heavy atom. The van der Waals surface area contributed by atoms with Crippen molar-refractivity contribution in [3.8, 4) is 0 Å². The molecule has 1 aromatic carbocycles. The molecular weight excluding hydrogens is 269 g/mol. The molecule has 0 saturated heterocycles. The van der Waals surface area contributed by atoms with E-state index in [1.165, 1.54) is 12.1 Å². The first-order valence-corrected chi connectivity index (χ1v) is 7.55. The summed E-state index contributed by atoms with van der Waals surface area (Å²) in [5.41, 5.74) is 0.667. The maximum atomic E-state index is 13.0. The van der Waals surface area contributed by atoms with Crippen LogP contribution in [0, 0.1) is 17.7 Å². The zero-order chi connectivity index (χ0) is 15.1. The van der Waals surface area contributed by atoms with E-state index >= 15 is 0 Å². The second-order valence-corrected chi connectivity index (χ2v) is 5.76. The summed E-state index contributed by atoms with van der Waals surface area (Å²) in [5.74, 6) is 0.890. The second kappa shape index (κ2) is 8.15. The predicted octanol–water partition coefficient (Wildman–Crippen LogP) is 3.22. The van der Waals surface area contributed by atoms with E-state index in [1.807, 2.05) is 0 Å². The van der Waals surface area contributed by atoms with Gasteiger partial charge < -0.3 is 15.2 Å². The largest absolute Gasteiger partial charge is 0.389 e. The smallest absolute Gasteiger partial charge is 0.125 e. The highest BCUT2D eigenvalue weighted by Crippen LogP contribution is 2.25. The van der Waals surface area contributed by atoms with Gasteiger partial charge in [0.25, 0.3) is 0 Å². The molecule has 2 N–H and O–H groups in total. The number of aliphatic hydroxyl groups is 1. The van der Waals surface area contributed by atoms with Crippen LogP contribution in [-0.2, 0) is 4.74 Å². The summed E-state index contributed by atoms with van der Waals surface area (Å²) in [6, 6.07) is 6.21. The Hall–Kier alpha value is -1.39. The fourth-order valence-electron chi connectivity index (χ4n) is 2.49. The Morgan fingerprint density at radius 3 is 2.95 bits per heavy atom. The molecule has 3 unspecified atom stereocenters. The summed E-state index contributed by atoms with van der Waals surface area (Å²) in [7, 11) is 0. The molecule has 0 radical (unpaired) electrons. The number of ether oxygens (including phenoxy) is 1. The van der Waals surface area contributed by atoms with Crippen molar-refractivity contribution in [2.24, 2.45) is 11.8 Å².